The summed E-state index contributed by atoms with van der Waals surface area (Å²) >= 11 is 1.50. The zero-order valence-electron chi connectivity index (χ0n) is 8.09. The van der Waals surface area contributed by atoms with Crippen LogP contribution < -0.4 is 16.4 Å². The van der Waals surface area contributed by atoms with Crippen LogP contribution in [0.15, 0.2) is 0 Å². The lowest BCUT2D eigenvalue weighted by atomic mass is 10.0. The Morgan fingerprint density at radius 2 is 2.29 bits per heavy atom. The number of thiophene rings is 1. The van der Waals surface area contributed by atoms with Crippen LogP contribution in [0.2, 0.25) is 0 Å². The Morgan fingerprint density at radius 3 is 2.93 bits per heavy atom. The minimum Gasteiger partial charge on any atom is -0.390 e. The molecule has 1 unspecified atom stereocenters. The van der Waals surface area contributed by atoms with Crippen molar-refractivity contribution >= 4 is 22.2 Å². The van der Waals surface area contributed by atoms with E-state index in [1.54, 1.807) is 0 Å². The molecule has 2 heterocycles. The second kappa shape index (κ2) is 3.25. The topological polar surface area (TPSA) is 73.6 Å². The molecule has 0 saturated carbocycles. The van der Waals surface area contributed by atoms with Crippen molar-refractivity contribution < 1.29 is 9.69 Å². The smallest absolute Gasteiger partial charge is 0.251 e. The molecular formula is C9H14N3OS+. The number of rotatable bonds is 1. The van der Waals surface area contributed by atoms with Crippen LogP contribution in [0.4, 0.5) is 5.00 Å². The molecule has 1 aromatic heterocycles. The van der Waals surface area contributed by atoms with Crippen molar-refractivity contribution in [2.75, 3.05) is 19.3 Å². The third-order valence-corrected chi connectivity index (χ3v) is 3.69. The van der Waals surface area contributed by atoms with Gasteiger partial charge in [0.25, 0.3) is 5.91 Å². The molecule has 76 valence electrons. The van der Waals surface area contributed by atoms with Crippen LogP contribution in [-0.2, 0) is 13.0 Å². The van der Waals surface area contributed by atoms with Crippen molar-refractivity contribution in [1.29, 1.82) is 0 Å². The number of nitrogen functional groups attached to an aromatic ring is 1. The van der Waals surface area contributed by atoms with Crippen LogP contribution in [-0.4, -0.2) is 19.5 Å². The van der Waals surface area contributed by atoms with Crippen molar-refractivity contribution in [1.82, 2.24) is 0 Å². The molecular weight excluding hydrogens is 198 g/mol. The molecule has 0 radical (unpaired) electrons. The van der Waals surface area contributed by atoms with E-state index >= 15 is 0 Å². The lowest BCUT2D eigenvalue weighted by molar-refractivity contribution is -0.895. The van der Waals surface area contributed by atoms with E-state index in [2.05, 4.69) is 7.05 Å². The number of primary amides is 1. The number of hydrogen-bond donors (Lipinski definition) is 3. The molecule has 0 fully saturated rings. The van der Waals surface area contributed by atoms with Gasteiger partial charge in [-0.1, -0.05) is 0 Å². The van der Waals surface area contributed by atoms with Crippen LogP contribution in [0, 0.1) is 0 Å². The normalized spacial score (nSPS) is 20.5. The second-order valence-electron chi connectivity index (χ2n) is 3.74. The molecule has 2 rings (SSSR count). The van der Waals surface area contributed by atoms with E-state index < -0.39 is 0 Å². The molecule has 5 heteroatoms. The summed E-state index contributed by atoms with van der Waals surface area (Å²) in [7, 11) is 2.14. The lowest BCUT2D eigenvalue weighted by Crippen LogP contribution is -3.08. The van der Waals surface area contributed by atoms with E-state index in [0.717, 1.165) is 25.1 Å². The quantitative estimate of drug-likeness (QED) is 0.558. The first-order valence-electron chi connectivity index (χ1n) is 4.60. The van der Waals surface area contributed by atoms with Gasteiger partial charge in [0.05, 0.1) is 29.0 Å². The maximum atomic E-state index is 11.2. The third kappa shape index (κ3) is 1.38. The van der Waals surface area contributed by atoms with Crippen LogP contribution in [0.1, 0.15) is 20.8 Å². The Morgan fingerprint density at radius 1 is 1.57 bits per heavy atom. The Labute approximate surface area is 86.5 Å². The molecule has 1 amide bonds. The molecule has 1 aliphatic rings. The number of anilines is 1. The zero-order chi connectivity index (χ0) is 10.3. The van der Waals surface area contributed by atoms with Gasteiger partial charge in [0, 0.05) is 6.42 Å². The summed E-state index contributed by atoms with van der Waals surface area (Å²) in [5, 5.41) is 0.581. The van der Waals surface area contributed by atoms with Gasteiger partial charge in [-0.05, 0) is 5.56 Å². The largest absolute Gasteiger partial charge is 0.390 e. The van der Waals surface area contributed by atoms with E-state index in [1.807, 2.05) is 0 Å². The number of carbonyl (C=O) groups excluding carboxylic acids is 1. The van der Waals surface area contributed by atoms with Gasteiger partial charge in [0.15, 0.2) is 0 Å². The van der Waals surface area contributed by atoms with Crippen molar-refractivity contribution in [3.05, 3.63) is 16.0 Å². The van der Waals surface area contributed by atoms with E-state index in [0.29, 0.717) is 10.6 Å². The Bertz CT molecular complexity index is 386. The van der Waals surface area contributed by atoms with Crippen LogP contribution in [0.5, 0.6) is 0 Å². The van der Waals surface area contributed by atoms with Crippen molar-refractivity contribution in [3.8, 4) is 0 Å². The zero-order valence-corrected chi connectivity index (χ0v) is 8.91. The van der Waals surface area contributed by atoms with E-state index in [4.69, 9.17) is 11.5 Å². The van der Waals surface area contributed by atoms with Gasteiger partial charge in [-0.2, -0.15) is 0 Å². The third-order valence-electron chi connectivity index (χ3n) is 2.63. The van der Waals surface area contributed by atoms with Gasteiger partial charge < -0.3 is 16.4 Å². The molecule has 0 saturated heterocycles. The van der Waals surface area contributed by atoms with Gasteiger partial charge in [-0.3, -0.25) is 4.79 Å². The predicted octanol–water partition coefficient (Wildman–Crippen LogP) is -1.000. The first kappa shape index (κ1) is 9.48. The van der Waals surface area contributed by atoms with E-state index in [9.17, 15) is 4.79 Å². The van der Waals surface area contributed by atoms with Gasteiger partial charge in [-0.15, -0.1) is 11.3 Å². The fourth-order valence-electron chi connectivity index (χ4n) is 1.91. The summed E-state index contributed by atoms with van der Waals surface area (Å²) in [6.07, 6.45) is 0.910. The maximum absolute atomic E-state index is 11.2. The molecule has 14 heavy (non-hydrogen) atoms. The molecule has 5 N–H and O–H groups in total. The van der Waals surface area contributed by atoms with Gasteiger partial charge >= 0.3 is 0 Å². The molecule has 1 aliphatic heterocycles. The average molecular weight is 212 g/mol. The van der Waals surface area contributed by atoms with Gasteiger partial charge in [0.1, 0.15) is 6.54 Å². The summed E-state index contributed by atoms with van der Waals surface area (Å²) in [6, 6.07) is 0. The lowest BCUT2D eigenvalue weighted by Gasteiger charge is -2.19. The average Bonchev–Trinajstić information content (AvgIpc) is 2.39. The molecule has 0 aromatic carbocycles. The van der Waals surface area contributed by atoms with Crippen LogP contribution in [0.3, 0.4) is 0 Å². The number of amides is 1. The first-order chi connectivity index (χ1) is 6.59. The van der Waals surface area contributed by atoms with Crippen molar-refractivity contribution in [3.63, 3.8) is 0 Å². The highest BCUT2D eigenvalue weighted by atomic mass is 32.1. The molecule has 1 aromatic rings. The predicted molar refractivity (Wildman–Crippen MR) is 56.4 cm³/mol. The fraction of sp³-hybridized carbons (Fsp3) is 0.444. The summed E-state index contributed by atoms with van der Waals surface area (Å²) in [4.78, 5) is 13.9. The van der Waals surface area contributed by atoms with Gasteiger partial charge in [-0.25, -0.2) is 0 Å². The Balaban J connectivity index is 2.49. The number of hydrogen-bond acceptors (Lipinski definition) is 3. The highest BCUT2D eigenvalue weighted by molar-refractivity contribution is 7.16. The van der Waals surface area contributed by atoms with Crippen LogP contribution in [0.25, 0.3) is 0 Å². The number of likely N-dealkylation sites (N-methyl/N-ethyl adjacent to an activating group) is 1. The molecule has 0 bridgehead atoms. The van der Waals surface area contributed by atoms with E-state index in [-0.39, 0.29) is 5.91 Å². The molecule has 0 spiro atoms. The highest BCUT2D eigenvalue weighted by Gasteiger charge is 2.26. The fourth-order valence-corrected chi connectivity index (χ4v) is 3.15. The van der Waals surface area contributed by atoms with Gasteiger partial charge in [0.2, 0.25) is 0 Å². The number of quaternary nitrogens is 1. The summed E-state index contributed by atoms with van der Waals surface area (Å²) in [5.74, 6) is -0.389. The standard InChI is InChI=1S/C9H13N3OS/c1-12-3-2-5-6(4-12)14-9(11)7(5)8(10)13/h2-4,11H2,1H3,(H2,10,13)/p+1. The number of nitrogens with one attached hydrogen (secondary N) is 1. The molecule has 1 atom stereocenters. The number of carbonyl (C=O) groups is 1. The number of nitrogens with two attached hydrogens (primary N) is 2. The first-order valence-corrected chi connectivity index (χ1v) is 5.42. The summed E-state index contributed by atoms with van der Waals surface area (Å²) in [6.45, 7) is 2.00. The second-order valence-corrected chi connectivity index (χ2v) is 4.88. The number of fused-ring (bicyclic) bond motifs is 1. The minimum absolute atomic E-state index is 0.389. The maximum Gasteiger partial charge on any atom is 0.251 e. The summed E-state index contributed by atoms with van der Waals surface area (Å²) in [5.41, 5.74) is 12.7. The minimum atomic E-state index is -0.389. The molecule has 0 aliphatic carbocycles. The van der Waals surface area contributed by atoms with E-state index in [1.165, 1.54) is 21.1 Å². The van der Waals surface area contributed by atoms with Crippen LogP contribution >= 0.6 is 11.3 Å². The Hall–Kier alpha value is -1.07. The monoisotopic (exact) mass is 212 g/mol. The SMILES string of the molecule is C[NH+]1CCc2c(sc(N)c2C(N)=O)C1. The highest BCUT2D eigenvalue weighted by Crippen LogP contribution is 2.31. The summed E-state index contributed by atoms with van der Waals surface area (Å²) < 4.78 is 0. The van der Waals surface area contributed by atoms with Crippen molar-refractivity contribution in [2.24, 2.45) is 5.73 Å². The van der Waals surface area contributed by atoms with Crippen molar-refractivity contribution in [2.45, 2.75) is 13.0 Å². The Kier molecular flexibility index (Phi) is 2.20. The molecule has 4 nitrogen and oxygen atoms in total.